The Hall–Kier alpha value is -1.54. The van der Waals surface area contributed by atoms with Gasteiger partial charge in [0, 0.05) is 23.1 Å². The summed E-state index contributed by atoms with van der Waals surface area (Å²) in [6.07, 6.45) is 0.140. The Balaban J connectivity index is 2.58. The van der Waals surface area contributed by atoms with Crippen LogP contribution in [0, 0.1) is 17.2 Å². The summed E-state index contributed by atoms with van der Waals surface area (Å²) in [6, 6.07) is 7.30. The summed E-state index contributed by atoms with van der Waals surface area (Å²) in [4.78, 5) is 10.5. The van der Waals surface area contributed by atoms with E-state index in [1.54, 1.807) is 18.2 Å². The summed E-state index contributed by atoms with van der Waals surface area (Å²) in [5.41, 5.74) is 1.45. The first-order valence-corrected chi connectivity index (χ1v) is 5.97. The zero-order chi connectivity index (χ0) is 12.8. The Morgan fingerprint density at radius 1 is 1.65 bits per heavy atom. The third kappa shape index (κ3) is 4.45. The van der Waals surface area contributed by atoms with Gasteiger partial charge in [-0.05, 0) is 40.0 Å². The van der Waals surface area contributed by atoms with Crippen molar-refractivity contribution in [1.82, 2.24) is 0 Å². The number of anilines is 1. The van der Waals surface area contributed by atoms with Gasteiger partial charge >= 0.3 is 5.97 Å². The lowest BCUT2D eigenvalue weighted by atomic mass is 10.1. The monoisotopic (exact) mass is 296 g/mol. The smallest absolute Gasteiger partial charge is 0.303 e. The first-order chi connectivity index (χ1) is 8.02. The predicted molar refractivity (Wildman–Crippen MR) is 68.8 cm³/mol. The van der Waals surface area contributed by atoms with E-state index in [1.807, 2.05) is 6.92 Å². The molecule has 1 rings (SSSR count). The number of benzene rings is 1. The predicted octanol–water partition coefficient (Wildman–Crippen LogP) is 2.84. The van der Waals surface area contributed by atoms with Gasteiger partial charge in [0.2, 0.25) is 0 Å². The summed E-state index contributed by atoms with van der Waals surface area (Å²) < 4.78 is 0.805. The van der Waals surface area contributed by atoms with Gasteiger partial charge in [-0.3, -0.25) is 4.79 Å². The molecule has 0 bridgehead atoms. The fraction of sp³-hybridized carbons (Fsp3) is 0.333. The molecule has 0 aromatic heterocycles. The Morgan fingerprint density at radius 2 is 2.35 bits per heavy atom. The van der Waals surface area contributed by atoms with Crippen molar-refractivity contribution in [2.45, 2.75) is 13.3 Å². The van der Waals surface area contributed by atoms with Gasteiger partial charge in [-0.2, -0.15) is 5.26 Å². The van der Waals surface area contributed by atoms with E-state index in [4.69, 9.17) is 10.4 Å². The highest BCUT2D eigenvalue weighted by molar-refractivity contribution is 9.10. The maximum atomic E-state index is 10.5. The number of nitrogens with zero attached hydrogens (tertiary/aromatic N) is 1. The molecule has 90 valence electrons. The number of hydrogen-bond acceptors (Lipinski definition) is 3. The molecule has 0 heterocycles. The molecular weight excluding hydrogens is 284 g/mol. The van der Waals surface area contributed by atoms with Crippen LogP contribution in [0.15, 0.2) is 22.7 Å². The van der Waals surface area contributed by atoms with Gasteiger partial charge in [0.25, 0.3) is 0 Å². The second kappa shape index (κ2) is 6.26. The van der Waals surface area contributed by atoms with Gasteiger partial charge in [-0.25, -0.2) is 0 Å². The maximum Gasteiger partial charge on any atom is 0.303 e. The number of halogens is 1. The zero-order valence-corrected chi connectivity index (χ0v) is 11.0. The molecule has 4 nitrogen and oxygen atoms in total. The van der Waals surface area contributed by atoms with Crippen LogP contribution >= 0.6 is 15.9 Å². The van der Waals surface area contributed by atoms with Crippen molar-refractivity contribution in [2.75, 3.05) is 11.9 Å². The molecule has 0 saturated heterocycles. The van der Waals surface area contributed by atoms with Crippen molar-refractivity contribution in [1.29, 1.82) is 5.26 Å². The first-order valence-electron chi connectivity index (χ1n) is 5.18. The number of nitrogens with one attached hydrogen (secondary N) is 1. The third-order valence-electron chi connectivity index (χ3n) is 2.26. The van der Waals surface area contributed by atoms with Gasteiger partial charge in [0.1, 0.15) is 0 Å². The Labute approximate surface area is 108 Å². The molecule has 0 amide bonds. The normalized spacial score (nSPS) is 11.6. The zero-order valence-electron chi connectivity index (χ0n) is 9.40. The summed E-state index contributed by atoms with van der Waals surface area (Å²) in [5, 5.41) is 20.5. The van der Waals surface area contributed by atoms with E-state index in [9.17, 15) is 4.79 Å². The highest BCUT2D eigenvalue weighted by atomic mass is 79.9. The molecule has 2 N–H and O–H groups in total. The Morgan fingerprint density at radius 3 is 2.88 bits per heavy atom. The third-order valence-corrected chi connectivity index (χ3v) is 2.92. The topological polar surface area (TPSA) is 73.1 Å². The van der Waals surface area contributed by atoms with Crippen LogP contribution in [-0.4, -0.2) is 17.6 Å². The van der Waals surface area contributed by atoms with Crippen molar-refractivity contribution in [2.24, 2.45) is 5.92 Å². The van der Waals surface area contributed by atoms with Crippen molar-refractivity contribution >= 4 is 27.6 Å². The summed E-state index contributed by atoms with van der Waals surface area (Å²) in [5.74, 6) is -0.742. The molecule has 0 fully saturated rings. The largest absolute Gasteiger partial charge is 0.481 e. The fourth-order valence-corrected chi connectivity index (χ4v) is 1.90. The second-order valence-corrected chi connectivity index (χ2v) is 4.74. The van der Waals surface area contributed by atoms with E-state index in [-0.39, 0.29) is 12.3 Å². The lowest BCUT2D eigenvalue weighted by Gasteiger charge is -2.12. The minimum atomic E-state index is -0.793. The van der Waals surface area contributed by atoms with Crippen LogP contribution in [0.25, 0.3) is 0 Å². The van der Waals surface area contributed by atoms with E-state index in [0.29, 0.717) is 12.1 Å². The molecule has 0 aliphatic carbocycles. The lowest BCUT2D eigenvalue weighted by Crippen LogP contribution is -2.15. The molecule has 5 heteroatoms. The quantitative estimate of drug-likeness (QED) is 0.876. The van der Waals surface area contributed by atoms with Crippen molar-refractivity contribution in [3.8, 4) is 6.07 Å². The Kier molecular flexibility index (Phi) is 4.98. The number of carboxylic acids is 1. The highest BCUT2D eigenvalue weighted by Crippen LogP contribution is 2.23. The van der Waals surface area contributed by atoms with E-state index >= 15 is 0 Å². The van der Waals surface area contributed by atoms with Crippen LogP contribution in [0.4, 0.5) is 5.69 Å². The van der Waals surface area contributed by atoms with Crippen molar-refractivity contribution < 1.29 is 9.90 Å². The van der Waals surface area contributed by atoms with E-state index in [0.717, 1.165) is 10.2 Å². The molecule has 0 spiro atoms. The van der Waals surface area contributed by atoms with Gasteiger partial charge in [0.15, 0.2) is 0 Å². The SMILES string of the molecule is CC(CNc1ccc(C#N)cc1Br)CC(=O)O. The first kappa shape index (κ1) is 13.5. The molecule has 0 saturated carbocycles. The summed E-state index contributed by atoms with van der Waals surface area (Å²) in [6.45, 7) is 2.45. The molecular formula is C12H13BrN2O2. The van der Waals surface area contributed by atoms with Crippen LogP contribution in [0.2, 0.25) is 0 Å². The number of carboxylic acid groups (broad SMARTS) is 1. The van der Waals surface area contributed by atoms with Gasteiger partial charge in [-0.15, -0.1) is 0 Å². The number of aliphatic carboxylic acids is 1. The average Bonchev–Trinajstić information content (AvgIpc) is 2.26. The maximum absolute atomic E-state index is 10.5. The van der Waals surface area contributed by atoms with Crippen LogP contribution in [-0.2, 0) is 4.79 Å². The minimum Gasteiger partial charge on any atom is -0.481 e. The van der Waals surface area contributed by atoms with Gasteiger partial charge < -0.3 is 10.4 Å². The van der Waals surface area contributed by atoms with Gasteiger partial charge in [0.05, 0.1) is 11.6 Å². The molecule has 1 unspecified atom stereocenters. The number of carbonyl (C=O) groups is 1. The minimum absolute atomic E-state index is 0.0510. The lowest BCUT2D eigenvalue weighted by molar-refractivity contribution is -0.137. The van der Waals surface area contributed by atoms with E-state index in [1.165, 1.54) is 0 Å². The van der Waals surface area contributed by atoms with Crippen LogP contribution in [0.1, 0.15) is 18.9 Å². The fourth-order valence-electron chi connectivity index (χ4n) is 1.38. The molecule has 0 radical (unpaired) electrons. The van der Waals surface area contributed by atoms with Gasteiger partial charge in [-0.1, -0.05) is 6.92 Å². The summed E-state index contributed by atoms with van der Waals surface area (Å²) in [7, 11) is 0. The standard InChI is InChI=1S/C12H13BrN2O2/c1-8(4-12(16)17)7-15-11-3-2-9(6-14)5-10(11)13/h2-3,5,8,15H,4,7H2,1H3,(H,16,17). The second-order valence-electron chi connectivity index (χ2n) is 3.89. The number of rotatable bonds is 5. The average molecular weight is 297 g/mol. The highest BCUT2D eigenvalue weighted by Gasteiger charge is 2.08. The molecule has 17 heavy (non-hydrogen) atoms. The van der Waals surface area contributed by atoms with Crippen molar-refractivity contribution in [3.05, 3.63) is 28.2 Å². The van der Waals surface area contributed by atoms with Crippen LogP contribution in [0.5, 0.6) is 0 Å². The van der Waals surface area contributed by atoms with E-state index in [2.05, 4.69) is 27.3 Å². The molecule has 1 aromatic carbocycles. The van der Waals surface area contributed by atoms with Crippen molar-refractivity contribution in [3.63, 3.8) is 0 Å². The number of nitriles is 1. The van der Waals surface area contributed by atoms with Crippen LogP contribution < -0.4 is 5.32 Å². The molecule has 1 atom stereocenters. The molecule has 0 aliphatic heterocycles. The molecule has 0 aliphatic rings. The number of hydrogen-bond donors (Lipinski definition) is 2. The van der Waals surface area contributed by atoms with E-state index < -0.39 is 5.97 Å². The van der Waals surface area contributed by atoms with Crippen LogP contribution in [0.3, 0.4) is 0 Å². The Bertz CT molecular complexity index is 454. The summed E-state index contributed by atoms with van der Waals surface area (Å²) >= 11 is 3.36. The molecule has 1 aromatic rings.